The Balaban J connectivity index is 1.75. The van der Waals surface area contributed by atoms with Gasteiger partial charge in [0, 0.05) is 22.2 Å². The summed E-state index contributed by atoms with van der Waals surface area (Å²) in [5.41, 5.74) is 1.97. The number of nitrogens with one attached hydrogen (secondary N) is 1. The molecule has 1 amide bonds. The Morgan fingerprint density at radius 3 is 2.09 bits per heavy atom. The molecule has 1 heterocycles. The predicted molar refractivity (Wildman–Crippen MR) is 127 cm³/mol. The Morgan fingerprint density at radius 2 is 1.58 bits per heavy atom. The van der Waals surface area contributed by atoms with Gasteiger partial charge < -0.3 is 29.0 Å². The van der Waals surface area contributed by atoms with Crippen LogP contribution in [0.4, 0.5) is 5.69 Å². The van der Waals surface area contributed by atoms with Gasteiger partial charge in [-0.05, 0) is 52.0 Å². The van der Waals surface area contributed by atoms with Crippen molar-refractivity contribution in [3.8, 4) is 17.2 Å². The second kappa shape index (κ2) is 10.9. The number of ether oxygens (including phenoxy) is 5. The van der Waals surface area contributed by atoms with Crippen LogP contribution in [0.2, 0.25) is 0 Å². The monoisotopic (exact) mass is 457 g/mol. The van der Waals surface area contributed by atoms with Gasteiger partial charge in [0.1, 0.15) is 0 Å². The highest BCUT2D eigenvalue weighted by Crippen LogP contribution is 2.39. The average Bonchev–Trinajstić information content (AvgIpc) is 2.78. The lowest BCUT2D eigenvalue weighted by Gasteiger charge is -2.40. The molecule has 0 spiro atoms. The molecule has 2 atom stereocenters. The molecule has 1 aliphatic rings. The molecule has 0 radical (unpaired) electrons. The third-order valence-electron chi connectivity index (χ3n) is 5.65. The average molecular weight is 458 g/mol. The lowest BCUT2D eigenvalue weighted by atomic mass is 9.87. The first-order chi connectivity index (χ1) is 15.8. The number of rotatable bonds is 9. The molecular formula is C26H35NO6. The Hall–Kier alpha value is -2.77. The molecule has 0 saturated carbocycles. The van der Waals surface area contributed by atoms with Crippen molar-refractivity contribution < 1.29 is 28.5 Å². The molecule has 1 aliphatic heterocycles. The SMILES string of the molecule is CCOc1cc(C(=O)Nc2ccc([C@H]3OCC(C)(C)[C@@H](C)O3)cc2)cc(OCC)c1OCC. The molecule has 1 saturated heterocycles. The van der Waals surface area contributed by atoms with Crippen molar-refractivity contribution in [2.75, 3.05) is 31.7 Å². The molecule has 7 heteroatoms. The summed E-state index contributed by atoms with van der Waals surface area (Å²) >= 11 is 0. The van der Waals surface area contributed by atoms with Gasteiger partial charge in [0.15, 0.2) is 17.8 Å². The van der Waals surface area contributed by atoms with Crippen LogP contribution in [0.5, 0.6) is 17.2 Å². The first-order valence-electron chi connectivity index (χ1n) is 11.5. The largest absolute Gasteiger partial charge is 0.490 e. The Bertz CT molecular complexity index is 913. The Kier molecular flexibility index (Phi) is 8.21. The zero-order valence-corrected chi connectivity index (χ0v) is 20.4. The summed E-state index contributed by atoms with van der Waals surface area (Å²) in [7, 11) is 0. The molecule has 1 fully saturated rings. The number of carbonyl (C=O) groups excluding carboxylic acids is 1. The van der Waals surface area contributed by atoms with Gasteiger partial charge in [0.2, 0.25) is 5.75 Å². The lowest BCUT2D eigenvalue weighted by Crippen LogP contribution is -2.40. The third kappa shape index (κ3) is 5.97. The summed E-state index contributed by atoms with van der Waals surface area (Å²) in [5.74, 6) is 1.20. The second-order valence-electron chi connectivity index (χ2n) is 8.59. The van der Waals surface area contributed by atoms with Gasteiger partial charge in [-0.3, -0.25) is 4.79 Å². The normalized spacial score (nSPS) is 19.6. The summed E-state index contributed by atoms with van der Waals surface area (Å²) in [5, 5.41) is 2.93. The fourth-order valence-electron chi connectivity index (χ4n) is 3.44. The van der Waals surface area contributed by atoms with Crippen molar-refractivity contribution >= 4 is 11.6 Å². The van der Waals surface area contributed by atoms with E-state index in [-0.39, 0.29) is 17.4 Å². The number of amides is 1. The van der Waals surface area contributed by atoms with Crippen molar-refractivity contribution in [1.29, 1.82) is 0 Å². The highest BCUT2D eigenvalue weighted by atomic mass is 16.7. The maximum Gasteiger partial charge on any atom is 0.255 e. The predicted octanol–water partition coefficient (Wildman–Crippen LogP) is 5.60. The minimum atomic E-state index is -0.411. The third-order valence-corrected chi connectivity index (χ3v) is 5.65. The fraction of sp³-hybridized carbons (Fsp3) is 0.500. The second-order valence-corrected chi connectivity index (χ2v) is 8.59. The molecule has 2 aromatic carbocycles. The Labute approximate surface area is 196 Å². The van der Waals surface area contributed by atoms with E-state index in [4.69, 9.17) is 23.7 Å². The maximum absolute atomic E-state index is 13.0. The molecule has 2 aromatic rings. The van der Waals surface area contributed by atoms with E-state index in [1.54, 1.807) is 12.1 Å². The van der Waals surface area contributed by atoms with Gasteiger partial charge in [-0.15, -0.1) is 0 Å². The standard InChI is InChI=1S/C26H35NO6/c1-7-29-21-14-19(15-22(30-8-2)23(21)31-9-3)24(28)27-20-12-10-18(11-13-20)25-32-16-26(5,6)17(4)33-25/h10-15,17,25H,7-9,16H2,1-6H3,(H,27,28)/t17-,25+/m1/s1. The zero-order chi connectivity index (χ0) is 24.0. The van der Waals surface area contributed by atoms with Gasteiger partial charge >= 0.3 is 0 Å². The van der Waals surface area contributed by atoms with E-state index in [0.29, 0.717) is 54.9 Å². The molecule has 0 unspecified atom stereocenters. The topological polar surface area (TPSA) is 75.3 Å². The first kappa shape index (κ1) is 24.9. The highest BCUT2D eigenvalue weighted by molar-refractivity contribution is 6.05. The number of carbonyl (C=O) groups is 1. The van der Waals surface area contributed by atoms with Crippen LogP contribution in [-0.2, 0) is 9.47 Å². The highest BCUT2D eigenvalue weighted by Gasteiger charge is 2.35. The van der Waals surface area contributed by atoms with E-state index in [9.17, 15) is 4.79 Å². The fourth-order valence-corrected chi connectivity index (χ4v) is 3.44. The van der Waals surface area contributed by atoms with Crippen LogP contribution in [0.15, 0.2) is 36.4 Å². The minimum absolute atomic E-state index is 0.0250. The lowest BCUT2D eigenvalue weighted by molar-refractivity contribution is -0.259. The van der Waals surface area contributed by atoms with Crippen molar-refractivity contribution in [1.82, 2.24) is 0 Å². The van der Waals surface area contributed by atoms with Crippen LogP contribution in [0.25, 0.3) is 0 Å². The van der Waals surface area contributed by atoms with Crippen molar-refractivity contribution in [3.05, 3.63) is 47.5 Å². The smallest absolute Gasteiger partial charge is 0.255 e. The molecular weight excluding hydrogens is 422 g/mol. The zero-order valence-electron chi connectivity index (χ0n) is 20.4. The van der Waals surface area contributed by atoms with E-state index in [1.165, 1.54) is 0 Å². The molecule has 1 N–H and O–H groups in total. The van der Waals surface area contributed by atoms with Crippen LogP contribution in [0.3, 0.4) is 0 Å². The van der Waals surface area contributed by atoms with Crippen LogP contribution < -0.4 is 19.5 Å². The van der Waals surface area contributed by atoms with E-state index in [0.717, 1.165) is 5.56 Å². The van der Waals surface area contributed by atoms with Crippen molar-refractivity contribution in [2.45, 2.75) is 53.9 Å². The summed E-state index contributed by atoms with van der Waals surface area (Å²) in [6, 6.07) is 10.8. The summed E-state index contributed by atoms with van der Waals surface area (Å²) < 4.78 is 29.1. The molecule has 3 rings (SSSR count). The van der Waals surface area contributed by atoms with Crippen molar-refractivity contribution in [3.63, 3.8) is 0 Å². The number of hydrogen-bond donors (Lipinski definition) is 1. The number of hydrogen-bond acceptors (Lipinski definition) is 6. The quantitative estimate of drug-likeness (QED) is 0.529. The van der Waals surface area contributed by atoms with Crippen LogP contribution in [0, 0.1) is 5.41 Å². The first-order valence-corrected chi connectivity index (χ1v) is 11.5. The van der Waals surface area contributed by atoms with E-state index >= 15 is 0 Å². The number of benzene rings is 2. The Morgan fingerprint density at radius 1 is 1.00 bits per heavy atom. The van der Waals surface area contributed by atoms with Crippen LogP contribution in [0.1, 0.15) is 63.8 Å². The van der Waals surface area contributed by atoms with Gasteiger partial charge in [-0.1, -0.05) is 26.0 Å². The van der Waals surface area contributed by atoms with Gasteiger partial charge in [0.25, 0.3) is 5.91 Å². The molecule has 180 valence electrons. The van der Waals surface area contributed by atoms with Gasteiger partial charge in [-0.2, -0.15) is 0 Å². The molecule has 0 aliphatic carbocycles. The summed E-state index contributed by atoms with van der Waals surface area (Å²) in [4.78, 5) is 13.0. The van der Waals surface area contributed by atoms with E-state index in [2.05, 4.69) is 26.1 Å². The van der Waals surface area contributed by atoms with Crippen LogP contribution in [-0.4, -0.2) is 38.4 Å². The molecule has 7 nitrogen and oxygen atoms in total. The summed E-state index contributed by atoms with van der Waals surface area (Å²) in [6.45, 7) is 13.9. The van der Waals surface area contributed by atoms with E-state index in [1.807, 2.05) is 45.0 Å². The minimum Gasteiger partial charge on any atom is -0.490 e. The van der Waals surface area contributed by atoms with Gasteiger partial charge in [-0.25, -0.2) is 0 Å². The molecule has 33 heavy (non-hydrogen) atoms. The molecule has 0 bridgehead atoms. The molecule has 0 aromatic heterocycles. The van der Waals surface area contributed by atoms with Gasteiger partial charge in [0.05, 0.1) is 32.5 Å². The van der Waals surface area contributed by atoms with Crippen molar-refractivity contribution in [2.24, 2.45) is 5.41 Å². The number of anilines is 1. The summed E-state index contributed by atoms with van der Waals surface area (Å²) in [6.07, 6.45) is -0.333. The maximum atomic E-state index is 13.0. The van der Waals surface area contributed by atoms with Crippen LogP contribution >= 0.6 is 0 Å². The van der Waals surface area contributed by atoms with E-state index < -0.39 is 6.29 Å².